The zero-order valence-electron chi connectivity index (χ0n) is 42.2. The van der Waals surface area contributed by atoms with Gasteiger partial charge < -0.3 is 0 Å². The lowest BCUT2D eigenvalue weighted by Gasteiger charge is -2.46. The molecule has 27 heteroatoms. The van der Waals surface area contributed by atoms with Gasteiger partial charge in [-0.05, 0) is 57.4 Å². The molecule has 446 valence electrons. The fraction of sp³-hybridized carbons (Fsp3) is 0.172. The molecule has 0 amide bonds. The third kappa shape index (κ3) is 14.0. The molecule has 0 aliphatic heterocycles. The zero-order valence-corrected chi connectivity index (χ0v) is 42.2. The van der Waals surface area contributed by atoms with Crippen LogP contribution in [0.2, 0.25) is 0 Å². The summed E-state index contributed by atoms with van der Waals surface area (Å²) in [7, 11) is 0. The van der Waals surface area contributed by atoms with E-state index in [1.165, 1.54) is 32.7 Å². The lowest BCUT2D eigenvalue weighted by molar-refractivity contribution is -0.689. The van der Waals surface area contributed by atoms with Crippen LogP contribution in [-0.4, -0.2) is 11.1 Å². The van der Waals surface area contributed by atoms with E-state index in [2.05, 4.69) is 101 Å². The second-order valence-electron chi connectivity index (χ2n) is 19.4. The lowest BCUT2D eigenvalue weighted by atomic mass is 9.12. The molecule has 0 bridgehead atoms. The van der Waals surface area contributed by atoms with Crippen molar-refractivity contribution in [2.45, 2.75) is 62.4 Å². The Morgan fingerprint density at radius 3 is 0.906 bits per heavy atom. The van der Waals surface area contributed by atoms with Gasteiger partial charge in [-0.3, -0.25) is 0 Å². The summed E-state index contributed by atoms with van der Waals surface area (Å²) in [5.41, 5.74) is -26.5. The minimum atomic E-state index is -6.13. The number of halogens is 24. The van der Waals surface area contributed by atoms with Gasteiger partial charge in [-0.15, -0.1) is 0 Å². The summed E-state index contributed by atoms with van der Waals surface area (Å²) in [4.78, 5) is 4.67. The first-order valence-corrected chi connectivity index (χ1v) is 24.3. The van der Waals surface area contributed by atoms with Crippen LogP contribution >= 0.6 is 0 Å². The normalized spacial score (nSPS) is 13.3. The van der Waals surface area contributed by atoms with Gasteiger partial charge in [0.2, 0.25) is 0 Å². The monoisotopic (exact) mass is 1220 g/mol. The van der Waals surface area contributed by atoms with Crippen LogP contribution < -0.4 is 26.4 Å². The first kappa shape index (κ1) is 62.8. The standard InChI is InChI=1S/C32H12BF24.C26H21N2/c34-25(35,36)13-1-14(26(37,38)39)6-21(5-13)33(22-7-15(27(40,41)42)2-16(8-22)28(43,44)45,23-9-17(29(46,47)48)3-18(10-23)30(49,50)51)24-11-19(31(52,53)54)4-20(12-24)32(55,56)57;1-2-8-20(9-3-1)18-28-15-14-27-23(19-28)17-26-24-12-6-4-10-21(24)16-22-11-5-7-13-25(22)26/h1-12H;1-16,19H,17-18H2/q-1;+1. The number of nitrogens with zero attached hydrogens (tertiary/aromatic N) is 2. The number of rotatable bonds is 8. The van der Waals surface area contributed by atoms with Crippen LogP contribution in [0.15, 0.2) is 176 Å². The van der Waals surface area contributed by atoms with Crippen molar-refractivity contribution >= 4 is 49.5 Å². The third-order valence-corrected chi connectivity index (χ3v) is 13.7. The van der Waals surface area contributed by atoms with Crippen molar-refractivity contribution in [1.82, 2.24) is 4.98 Å². The van der Waals surface area contributed by atoms with E-state index < -0.39 is 195 Å². The molecule has 0 atom stereocenters. The van der Waals surface area contributed by atoms with Crippen molar-refractivity contribution < 1.29 is 110 Å². The third-order valence-electron chi connectivity index (χ3n) is 13.7. The molecule has 0 saturated carbocycles. The van der Waals surface area contributed by atoms with Gasteiger partial charge in [0.15, 0.2) is 18.9 Å². The molecule has 0 saturated heterocycles. The Balaban J connectivity index is 0.000000276. The summed E-state index contributed by atoms with van der Waals surface area (Å²) in [6.45, 7) is 0.854. The molecule has 1 aromatic heterocycles. The van der Waals surface area contributed by atoms with Crippen LogP contribution in [0.3, 0.4) is 0 Å². The topological polar surface area (TPSA) is 16.8 Å². The highest BCUT2D eigenvalue weighted by molar-refractivity contribution is 7.20. The summed E-state index contributed by atoms with van der Waals surface area (Å²) >= 11 is 0. The zero-order chi connectivity index (χ0) is 62.7. The van der Waals surface area contributed by atoms with E-state index in [-0.39, 0.29) is 0 Å². The maximum atomic E-state index is 14.2. The molecule has 0 unspecified atom stereocenters. The predicted octanol–water partition coefficient (Wildman–Crippen LogP) is 16.5. The van der Waals surface area contributed by atoms with Crippen molar-refractivity contribution in [2.24, 2.45) is 0 Å². The highest BCUT2D eigenvalue weighted by Gasteiger charge is 2.47. The Kier molecular flexibility index (Phi) is 16.5. The van der Waals surface area contributed by atoms with Gasteiger partial charge in [0.1, 0.15) is 11.8 Å². The second kappa shape index (κ2) is 22.3. The fourth-order valence-corrected chi connectivity index (χ4v) is 10.0. The molecular formula is C58H33BF24N2. The van der Waals surface area contributed by atoms with Gasteiger partial charge in [0.25, 0.3) is 0 Å². The Hall–Kier alpha value is -8.26. The van der Waals surface area contributed by atoms with Gasteiger partial charge in [0, 0.05) is 12.0 Å². The molecule has 1 heterocycles. The summed E-state index contributed by atoms with van der Waals surface area (Å²) in [5.74, 6) is 0. The van der Waals surface area contributed by atoms with E-state index >= 15 is 0 Å². The highest BCUT2D eigenvalue weighted by atomic mass is 19.4. The van der Waals surface area contributed by atoms with Crippen molar-refractivity contribution in [3.63, 3.8) is 0 Å². The van der Waals surface area contributed by atoms with Gasteiger partial charge in [-0.25, -0.2) is 4.98 Å². The summed E-state index contributed by atoms with van der Waals surface area (Å²) in [5, 5.41) is 5.18. The van der Waals surface area contributed by atoms with Crippen LogP contribution in [-0.2, 0) is 62.4 Å². The van der Waals surface area contributed by atoms with E-state index in [1.807, 2.05) is 12.4 Å². The summed E-state index contributed by atoms with van der Waals surface area (Å²) in [6.07, 6.45) is -47.9. The van der Waals surface area contributed by atoms with E-state index in [9.17, 15) is 105 Å². The van der Waals surface area contributed by atoms with Crippen LogP contribution in [0, 0.1) is 0 Å². The molecule has 2 nitrogen and oxygen atoms in total. The van der Waals surface area contributed by atoms with Gasteiger partial charge in [0.05, 0.1) is 50.7 Å². The average Bonchev–Trinajstić information content (AvgIpc) is 0.770. The minimum absolute atomic E-state index is 0.691. The van der Waals surface area contributed by atoms with Crippen LogP contribution in [0.5, 0.6) is 0 Å². The van der Waals surface area contributed by atoms with Gasteiger partial charge >= 0.3 is 49.4 Å². The molecule has 0 fully saturated rings. The first-order valence-electron chi connectivity index (χ1n) is 24.3. The SMILES string of the molecule is FC(F)(F)c1cc([B-](c2cc(C(F)(F)F)cc(C(F)(F)F)c2)(c2cc(C(F)(F)F)cc(C(F)(F)F)c2)c2cc(C(F)(F)F)cc(C(F)(F)F)c2)cc(C(F)(F)F)c1.c1ccc(C[n+]2ccnc(Cc3c4ccccc4cc4ccccc34)c2)cc1. The van der Waals surface area contributed by atoms with E-state index in [0.717, 1.165) is 18.7 Å². The van der Waals surface area contributed by atoms with Crippen molar-refractivity contribution in [3.8, 4) is 0 Å². The smallest absolute Gasteiger partial charge is 0.248 e. The number of benzene rings is 8. The van der Waals surface area contributed by atoms with Crippen molar-refractivity contribution in [3.05, 3.63) is 238 Å². The molecule has 0 aliphatic carbocycles. The molecular weight excluding hydrogens is 1190 g/mol. The number of alkyl halides is 24. The van der Waals surface area contributed by atoms with Crippen molar-refractivity contribution in [1.29, 1.82) is 0 Å². The van der Waals surface area contributed by atoms with E-state index in [1.54, 1.807) is 0 Å². The van der Waals surface area contributed by atoms with Gasteiger partial charge in [-0.2, -0.15) is 132 Å². The molecule has 0 spiro atoms. The molecule has 8 aromatic carbocycles. The number of fused-ring (bicyclic) bond motifs is 2. The number of aromatic nitrogens is 2. The quantitative estimate of drug-likeness (QED) is 0.0641. The van der Waals surface area contributed by atoms with Crippen molar-refractivity contribution in [2.75, 3.05) is 0 Å². The maximum Gasteiger partial charge on any atom is 0.416 e. The molecule has 9 rings (SSSR count). The van der Waals surface area contributed by atoms with Gasteiger partial charge in [-0.1, -0.05) is 127 Å². The summed E-state index contributed by atoms with van der Waals surface area (Å²) < 4.78 is 343. The predicted molar refractivity (Wildman–Crippen MR) is 264 cm³/mol. The number of hydrogen-bond acceptors (Lipinski definition) is 1. The summed E-state index contributed by atoms with van der Waals surface area (Å²) in [6, 6.07) is 21.3. The van der Waals surface area contributed by atoms with Crippen LogP contribution in [0.4, 0.5) is 105 Å². The Bertz CT molecular complexity index is 3420. The first-order chi connectivity index (χ1) is 39.1. The average molecular weight is 1220 g/mol. The minimum Gasteiger partial charge on any atom is -0.248 e. The molecule has 85 heavy (non-hydrogen) atoms. The second-order valence-corrected chi connectivity index (χ2v) is 19.4. The molecule has 0 aliphatic rings. The van der Waals surface area contributed by atoms with Crippen LogP contribution in [0.25, 0.3) is 21.5 Å². The molecule has 0 radical (unpaired) electrons. The van der Waals surface area contributed by atoms with E-state index in [0.29, 0.717) is 0 Å². The Morgan fingerprint density at radius 1 is 0.329 bits per heavy atom. The Labute approximate surface area is 463 Å². The lowest BCUT2D eigenvalue weighted by Crippen LogP contribution is -2.75. The van der Waals surface area contributed by atoms with E-state index in [4.69, 9.17) is 0 Å². The molecule has 9 aromatic rings. The van der Waals surface area contributed by atoms with Crippen LogP contribution in [0.1, 0.15) is 61.3 Å². The number of hydrogen-bond donors (Lipinski definition) is 0. The Morgan fingerprint density at radius 2 is 0.612 bits per heavy atom. The highest BCUT2D eigenvalue weighted by Crippen LogP contribution is 2.42. The fourth-order valence-electron chi connectivity index (χ4n) is 10.0. The molecule has 0 N–H and O–H groups in total. The largest absolute Gasteiger partial charge is 0.416 e. The maximum absolute atomic E-state index is 14.2.